The lowest BCUT2D eigenvalue weighted by molar-refractivity contribution is -0.121. The van der Waals surface area contributed by atoms with Crippen molar-refractivity contribution in [3.8, 4) is 5.75 Å². The zero-order valence-electron chi connectivity index (χ0n) is 12.9. The van der Waals surface area contributed by atoms with Gasteiger partial charge in [-0.1, -0.05) is 0 Å². The Morgan fingerprint density at radius 2 is 2.27 bits per heavy atom. The molecular weight excluding hydrogens is 282 g/mol. The normalized spacial score (nSPS) is 24.5. The number of hydrogen-bond acceptors (Lipinski definition) is 4. The first-order valence-corrected chi connectivity index (χ1v) is 7.62. The van der Waals surface area contributed by atoms with Crippen LogP contribution in [0.2, 0.25) is 0 Å². The number of fused-ring (bicyclic) bond motifs is 1. The number of anilines is 2. The minimum atomic E-state index is -0.0943. The predicted octanol–water partition coefficient (Wildman–Crippen LogP) is 1.37. The highest BCUT2D eigenvalue weighted by Crippen LogP contribution is 2.33. The van der Waals surface area contributed by atoms with Gasteiger partial charge in [-0.25, -0.2) is 0 Å². The standard InChI is InChI=1S/C16H21N3O3/c1-10-7-11(5-6-17-10)16(21)18-12-3-4-14-13(8-12)19(2)15(20)9-22-14/h3-4,8,10-11,17H,5-7,9H2,1-2H3,(H,18,21)/t10-,11-/m0/s1. The Morgan fingerprint density at radius 3 is 3.05 bits per heavy atom. The van der Waals surface area contributed by atoms with Crippen LogP contribution < -0.4 is 20.3 Å². The second kappa shape index (κ2) is 5.96. The van der Waals surface area contributed by atoms with Gasteiger partial charge >= 0.3 is 0 Å². The molecule has 6 nitrogen and oxygen atoms in total. The summed E-state index contributed by atoms with van der Waals surface area (Å²) in [6.45, 7) is 3.02. The first kappa shape index (κ1) is 14.8. The largest absolute Gasteiger partial charge is 0.482 e. The van der Waals surface area contributed by atoms with Crippen LogP contribution in [-0.2, 0) is 9.59 Å². The lowest BCUT2D eigenvalue weighted by atomic mass is 9.92. The lowest BCUT2D eigenvalue weighted by Crippen LogP contribution is -2.40. The number of amides is 2. The fraction of sp³-hybridized carbons (Fsp3) is 0.500. The third-order valence-corrected chi connectivity index (χ3v) is 4.31. The van der Waals surface area contributed by atoms with Crippen LogP contribution in [0.1, 0.15) is 19.8 Å². The van der Waals surface area contributed by atoms with Crippen LogP contribution in [0.5, 0.6) is 5.75 Å². The van der Waals surface area contributed by atoms with Crippen LogP contribution in [0.3, 0.4) is 0 Å². The Morgan fingerprint density at radius 1 is 1.45 bits per heavy atom. The van der Waals surface area contributed by atoms with E-state index < -0.39 is 0 Å². The summed E-state index contributed by atoms with van der Waals surface area (Å²) >= 11 is 0. The second-order valence-corrected chi connectivity index (χ2v) is 5.99. The molecule has 2 aliphatic rings. The summed E-state index contributed by atoms with van der Waals surface area (Å²) in [7, 11) is 1.71. The van der Waals surface area contributed by atoms with Gasteiger partial charge in [-0.2, -0.15) is 0 Å². The van der Waals surface area contributed by atoms with Crippen LogP contribution in [0.25, 0.3) is 0 Å². The molecule has 2 heterocycles. The van der Waals surface area contributed by atoms with E-state index in [9.17, 15) is 9.59 Å². The van der Waals surface area contributed by atoms with Gasteiger partial charge in [-0.3, -0.25) is 9.59 Å². The van der Waals surface area contributed by atoms with Crippen LogP contribution >= 0.6 is 0 Å². The molecule has 2 N–H and O–H groups in total. The number of likely N-dealkylation sites (N-methyl/N-ethyl adjacent to an activating group) is 1. The minimum Gasteiger partial charge on any atom is -0.482 e. The van der Waals surface area contributed by atoms with Gasteiger partial charge in [-0.15, -0.1) is 0 Å². The van der Waals surface area contributed by atoms with E-state index in [1.807, 2.05) is 6.07 Å². The number of benzene rings is 1. The Hall–Kier alpha value is -2.08. The van der Waals surface area contributed by atoms with Crippen molar-refractivity contribution < 1.29 is 14.3 Å². The third-order valence-electron chi connectivity index (χ3n) is 4.31. The number of ether oxygens (including phenoxy) is 1. The summed E-state index contributed by atoms with van der Waals surface area (Å²) in [4.78, 5) is 25.6. The van der Waals surface area contributed by atoms with E-state index >= 15 is 0 Å². The molecule has 0 saturated carbocycles. The van der Waals surface area contributed by atoms with Gasteiger partial charge in [0.05, 0.1) is 5.69 Å². The monoisotopic (exact) mass is 303 g/mol. The molecule has 1 fully saturated rings. The van der Waals surface area contributed by atoms with Crippen molar-refractivity contribution in [3.05, 3.63) is 18.2 Å². The zero-order chi connectivity index (χ0) is 15.7. The Bertz CT molecular complexity index is 602. The summed E-state index contributed by atoms with van der Waals surface area (Å²) < 4.78 is 5.38. The zero-order valence-corrected chi connectivity index (χ0v) is 12.9. The molecule has 1 aromatic carbocycles. The maximum atomic E-state index is 12.4. The van der Waals surface area contributed by atoms with Crippen molar-refractivity contribution >= 4 is 23.2 Å². The van der Waals surface area contributed by atoms with E-state index in [-0.39, 0.29) is 24.3 Å². The van der Waals surface area contributed by atoms with Gasteiger partial charge in [0.2, 0.25) is 5.91 Å². The molecule has 0 bridgehead atoms. The Labute approximate surface area is 129 Å². The molecule has 0 aliphatic carbocycles. The van der Waals surface area contributed by atoms with Crippen LogP contribution in [0, 0.1) is 5.92 Å². The van der Waals surface area contributed by atoms with Crippen LogP contribution in [0.15, 0.2) is 18.2 Å². The molecular formula is C16H21N3O3. The molecule has 118 valence electrons. The summed E-state index contributed by atoms with van der Waals surface area (Å²) in [6.07, 6.45) is 1.70. The highest BCUT2D eigenvalue weighted by Gasteiger charge is 2.26. The highest BCUT2D eigenvalue weighted by atomic mass is 16.5. The third kappa shape index (κ3) is 2.92. The van der Waals surface area contributed by atoms with Gasteiger partial charge < -0.3 is 20.3 Å². The SMILES string of the molecule is C[C@H]1C[C@@H](C(=O)Nc2ccc3c(c2)N(C)C(=O)CO3)CCN1. The average Bonchev–Trinajstić information content (AvgIpc) is 2.51. The van der Waals surface area contributed by atoms with Gasteiger partial charge in [0.15, 0.2) is 6.61 Å². The summed E-state index contributed by atoms with van der Waals surface area (Å²) in [6, 6.07) is 5.75. The van der Waals surface area contributed by atoms with E-state index in [0.29, 0.717) is 23.2 Å². The maximum Gasteiger partial charge on any atom is 0.264 e. The molecule has 0 radical (unpaired) electrons. The lowest BCUT2D eigenvalue weighted by Gasteiger charge is -2.28. The van der Waals surface area contributed by atoms with Gasteiger partial charge in [-0.05, 0) is 44.5 Å². The number of nitrogens with one attached hydrogen (secondary N) is 2. The number of piperidine rings is 1. The molecule has 2 aliphatic heterocycles. The van der Waals surface area contributed by atoms with Gasteiger partial charge in [0, 0.05) is 24.7 Å². The number of hydrogen-bond donors (Lipinski definition) is 2. The summed E-state index contributed by atoms with van der Waals surface area (Å²) in [5.41, 5.74) is 1.38. The summed E-state index contributed by atoms with van der Waals surface area (Å²) in [5.74, 6) is 0.639. The van der Waals surface area contributed by atoms with E-state index in [0.717, 1.165) is 19.4 Å². The topological polar surface area (TPSA) is 70.7 Å². The van der Waals surface area contributed by atoms with Gasteiger partial charge in [0.25, 0.3) is 5.91 Å². The minimum absolute atomic E-state index is 0.0305. The van der Waals surface area contributed by atoms with Gasteiger partial charge in [0.1, 0.15) is 5.75 Å². The molecule has 0 aromatic heterocycles. The molecule has 2 atom stereocenters. The smallest absolute Gasteiger partial charge is 0.264 e. The van der Waals surface area contributed by atoms with Crippen LogP contribution in [0.4, 0.5) is 11.4 Å². The van der Waals surface area contributed by atoms with Crippen molar-refractivity contribution in [1.29, 1.82) is 0 Å². The first-order valence-electron chi connectivity index (χ1n) is 7.62. The van der Waals surface area contributed by atoms with Crippen molar-refractivity contribution in [2.75, 3.05) is 30.4 Å². The fourth-order valence-corrected chi connectivity index (χ4v) is 2.96. The summed E-state index contributed by atoms with van der Waals surface area (Å²) in [5, 5.41) is 6.30. The molecule has 0 spiro atoms. The molecule has 22 heavy (non-hydrogen) atoms. The van der Waals surface area contributed by atoms with Crippen LogP contribution in [-0.4, -0.2) is 38.1 Å². The molecule has 2 amide bonds. The number of nitrogens with zero attached hydrogens (tertiary/aromatic N) is 1. The molecule has 1 saturated heterocycles. The van der Waals surface area contributed by atoms with E-state index in [2.05, 4.69) is 17.6 Å². The first-order chi connectivity index (χ1) is 10.5. The molecule has 0 unspecified atom stereocenters. The Balaban J connectivity index is 1.73. The van der Waals surface area contributed by atoms with Crippen molar-refractivity contribution in [2.45, 2.75) is 25.8 Å². The quantitative estimate of drug-likeness (QED) is 0.865. The average molecular weight is 303 g/mol. The van der Waals surface area contributed by atoms with E-state index in [1.165, 1.54) is 0 Å². The highest BCUT2D eigenvalue weighted by molar-refractivity contribution is 5.99. The van der Waals surface area contributed by atoms with E-state index in [4.69, 9.17) is 4.74 Å². The van der Waals surface area contributed by atoms with Crippen molar-refractivity contribution in [3.63, 3.8) is 0 Å². The second-order valence-electron chi connectivity index (χ2n) is 5.99. The number of rotatable bonds is 2. The fourth-order valence-electron chi connectivity index (χ4n) is 2.96. The van der Waals surface area contributed by atoms with E-state index in [1.54, 1.807) is 24.1 Å². The predicted molar refractivity (Wildman–Crippen MR) is 84.2 cm³/mol. The number of carbonyl (C=O) groups is 2. The number of carbonyl (C=O) groups excluding carboxylic acids is 2. The van der Waals surface area contributed by atoms with Crippen molar-refractivity contribution in [2.24, 2.45) is 5.92 Å². The molecule has 3 rings (SSSR count). The van der Waals surface area contributed by atoms with Crippen molar-refractivity contribution in [1.82, 2.24) is 5.32 Å². The Kier molecular flexibility index (Phi) is 4.02. The molecule has 1 aromatic rings. The maximum absolute atomic E-state index is 12.4. The molecule has 6 heteroatoms.